The summed E-state index contributed by atoms with van der Waals surface area (Å²) in [6.45, 7) is 3.55. The van der Waals surface area contributed by atoms with Gasteiger partial charge in [0, 0.05) is 16.8 Å². The second-order valence-corrected chi connectivity index (χ2v) is 5.65. The highest BCUT2D eigenvalue weighted by Crippen LogP contribution is 2.33. The molecule has 0 aliphatic rings. The predicted octanol–water partition coefficient (Wildman–Crippen LogP) is 3.35. The zero-order valence-corrected chi connectivity index (χ0v) is 14.1. The number of phenols is 1. The molecule has 0 atom stereocenters. The van der Waals surface area contributed by atoms with E-state index in [1.165, 1.54) is 6.33 Å². The van der Waals surface area contributed by atoms with Crippen molar-refractivity contribution in [1.29, 1.82) is 10.5 Å². The van der Waals surface area contributed by atoms with E-state index in [2.05, 4.69) is 26.3 Å². The van der Waals surface area contributed by atoms with Crippen LogP contribution in [0.3, 0.4) is 0 Å². The number of hydrogen-bond acceptors (Lipinski definition) is 7. The van der Waals surface area contributed by atoms with Crippen LogP contribution < -0.4 is 5.32 Å². The van der Waals surface area contributed by atoms with Crippen molar-refractivity contribution in [2.24, 2.45) is 0 Å². The summed E-state index contributed by atoms with van der Waals surface area (Å²) in [6.07, 6.45) is 1.38. The molecule has 0 unspecified atom stereocenters. The van der Waals surface area contributed by atoms with E-state index in [0.29, 0.717) is 28.5 Å². The molecule has 1 aromatic heterocycles. The Kier molecular flexibility index (Phi) is 4.46. The highest BCUT2D eigenvalue weighted by atomic mass is 16.3. The van der Waals surface area contributed by atoms with Gasteiger partial charge >= 0.3 is 0 Å². The Morgan fingerprint density at radius 3 is 2.42 bits per heavy atom. The number of nitriles is 2. The first-order valence-corrected chi connectivity index (χ1v) is 7.73. The lowest BCUT2D eigenvalue weighted by Gasteiger charge is -2.12. The van der Waals surface area contributed by atoms with Gasteiger partial charge in [-0.2, -0.15) is 15.5 Å². The second-order valence-electron chi connectivity index (χ2n) is 5.65. The molecule has 0 amide bonds. The molecule has 7 heteroatoms. The van der Waals surface area contributed by atoms with Gasteiger partial charge in [-0.05, 0) is 49.7 Å². The van der Waals surface area contributed by atoms with Crippen LogP contribution >= 0.6 is 0 Å². The minimum Gasteiger partial charge on any atom is -0.506 e. The van der Waals surface area contributed by atoms with Crippen molar-refractivity contribution in [3.63, 3.8) is 0 Å². The van der Waals surface area contributed by atoms with E-state index in [-0.39, 0.29) is 11.3 Å². The fourth-order valence-electron chi connectivity index (χ4n) is 2.64. The standard InChI is InChI=1S/C19H14N6O/c1-11-7-14(9-21)17(26)12(2)16(11)18-22-10-23-19(25-18)24-15-5-3-13(8-20)4-6-15/h3-7,10,26H,1-2H3,(H,22,23,24,25). The van der Waals surface area contributed by atoms with Crippen molar-refractivity contribution < 1.29 is 5.11 Å². The average molecular weight is 342 g/mol. The van der Waals surface area contributed by atoms with Crippen LogP contribution in [-0.2, 0) is 0 Å². The van der Waals surface area contributed by atoms with E-state index in [4.69, 9.17) is 10.5 Å². The van der Waals surface area contributed by atoms with Crippen LogP contribution in [0.1, 0.15) is 22.3 Å². The molecule has 0 fully saturated rings. The zero-order chi connectivity index (χ0) is 18.7. The molecule has 0 aliphatic carbocycles. The van der Waals surface area contributed by atoms with E-state index < -0.39 is 0 Å². The Balaban J connectivity index is 1.99. The molecule has 0 spiro atoms. The monoisotopic (exact) mass is 342 g/mol. The Bertz CT molecular complexity index is 1060. The quantitative estimate of drug-likeness (QED) is 0.749. The molecule has 0 saturated heterocycles. The summed E-state index contributed by atoms with van der Waals surface area (Å²) in [7, 11) is 0. The van der Waals surface area contributed by atoms with Crippen LogP contribution in [0.25, 0.3) is 11.4 Å². The minimum absolute atomic E-state index is 0.0740. The fraction of sp³-hybridized carbons (Fsp3) is 0.105. The minimum atomic E-state index is -0.0740. The number of nitrogens with zero attached hydrogens (tertiary/aromatic N) is 5. The molecule has 0 saturated carbocycles. The van der Waals surface area contributed by atoms with E-state index in [1.54, 1.807) is 37.3 Å². The molecule has 2 N–H and O–H groups in total. The molecule has 0 aliphatic heterocycles. The van der Waals surface area contributed by atoms with Gasteiger partial charge in [-0.25, -0.2) is 9.97 Å². The Labute approximate surface area is 150 Å². The Morgan fingerprint density at radius 1 is 1.04 bits per heavy atom. The maximum Gasteiger partial charge on any atom is 0.230 e. The summed E-state index contributed by atoms with van der Waals surface area (Å²) >= 11 is 0. The zero-order valence-electron chi connectivity index (χ0n) is 14.1. The summed E-state index contributed by atoms with van der Waals surface area (Å²) < 4.78 is 0. The van der Waals surface area contributed by atoms with E-state index in [9.17, 15) is 5.11 Å². The summed E-state index contributed by atoms with van der Waals surface area (Å²) in [6, 6.07) is 12.5. The first kappa shape index (κ1) is 16.9. The molecule has 3 aromatic rings. The lowest BCUT2D eigenvalue weighted by molar-refractivity contribution is 0.469. The highest BCUT2D eigenvalue weighted by molar-refractivity contribution is 5.71. The van der Waals surface area contributed by atoms with Crippen LogP contribution in [0.15, 0.2) is 36.7 Å². The number of aryl methyl sites for hydroxylation is 1. The largest absolute Gasteiger partial charge is 0.506 e. The van der Waals surface area contributed by atoms with Gasteiger partial charge in [0.15, 0.2) is 5.82 Å². The van der Waals surface area contributed by atoms with Crippen molar-refractivity contribution in [3.05, 3.63) is 58.9 Å². The van der Waals surface area contributed by atoms with Crippen molar-refractivity contribution >= 4 is 11.6 Å². The van der Waals surface area contributed by atoms with Crippen LogP contribution in [-0.4, -0.2) is 20.1 Å². The van der Waals surface area contributed by atoms with Crippen LogP contribution in [0.5, 0.6) is 5.75 Å². The molecule has 26 heavy (non-hydrogen) atoms. The maximum atomic E-state index is 10.2. The van der Waals surface area contributed by atoms with Gasteiger partial charge in [0.1, 0.15) is 18.1 Å². The smallest absolute Gasteiger partial charge is 0.230 e. The molecular weight excluding hydrogens is 328 g/mol. The average Bonchev–Trinajstić information content (AvgIpc) is 2.66. The molecular formula is C19H14N6O. The lowest BCUT2D eigenvalue weighted by Crippen LogP contribution is -2.02. The Morgan fingerprint density at radius 2 is 1.77 bits per heavy atom. The molecule has 2 aromatic carbocycles. The SMILES string of the molecule is Cc1cc(C#N)c(O)c(C)c1-c1ncnc(Nc2ccc(C#N)cc2)n1. The molecule has 1 heterocycles. The number of phenolic OH excluding ortho intramolecular Hbond substituents is 1. The maximum absolute atomic E-state index is 10.2. The number of hydrogen-bond donors (Lipinski definition) is 2. The van der Waals surface area contributed by atoms with Crippen LogP contribution in [0.4, 0.5) is 11.6 Å². The number of aromatic hydroxyl groups is 1. The van der Waals surface area contributed by atoms with Crippen molar-refractivity contribution in [3.8, 4) is 29.3 Å². The predicted molar refractivity (Wildman–Crippen MR) is 95.6 cm³/mol. The summed E-state index contributed by atoms with van der Waals surface area (Å²) in [5, 5.41) is 31.2. The second kappa shape index (κ2) is 6.88. The van der Waals surface area contributed by atoms with E-state index in [1.807, 2.05) is 13.0 Å². The molecule has 0 bridgehead atoms. The first-order chi connectivity index (χ1) is 12.5. The third kappa shape index (κ3) is 3.14. The number of rotatable bonds is 3. The van der Waals surface area contributed by atoms with Gasteiger partial charge in [0.25, 0.3) is 0 Å². The molecule has 0 radical (unpaired) electrons. The molecule has 3 rings (SSSR count). The normalized spacial score (nSPS) is 10.0. The third-order valence-electron chi connectivity index (χ3n) is 3.93. The number of benzene rings is 2. The van der Waals surface area contributed by atoms with Crippen LogP contribution in [0.2, 0.25) is 0 Å². The van der Waals surface area contributed by atoms with Crippen molar-refractivity contribution in [1.82, 2.24) is 15.0 Å². The van der Waals surface area contributed by atoms with Crippen molar-refractivity contribution in [2.45, 2.75) is 13.8 Å². The van der Waals surface area contributed by atoms with Gasteiger partial charge < -0.3 is 10.4 Å². The topological polar surface area (TPSA) is 119 Å². The van der Waals surface area contributed by atoms with Gasteiger partial charge in [0.2, 0.25) is 5.95 Å². The van der Waals surface area contributed by atoms with Crippen LogP contribution in [0, 0.1) is 36.5 Å². The summed E-state index contributed by atoms with van der Waals surface area (Å²) in [5.74, 6) is 0.656. The summed E-state index contributed by atoms with van der Waals surface area (Å²) in [5.41, 5.74) is 3.49. The number of anilines is 2. The van der Waals surface area contributed by atoms with E-state index in [0.717, 1.165) is 11.3 Å². The highest BCUT2D eigenvalue weighted by Gasteiger charge is 2.16. The Hall–Kier alpha value is -3.97. The van der Waals surface area contributed by atoms with Gasteiger partial charge in [0.05, 0.1) is 17.2 Å². The fourth-order valence-corrected chi connectivity index (χ4v) is 2.64. The number of aromatic nitrogens is 3. The third-order valence-corrected chi connectivity index (χ3v) is 3.93. The summed E-state index contributed by atoms with van der Waals surface area (Å²) in [4.78, 5) is 12.7. The molecule has 126 valence electrons. The first-order valence-electron chi connectivity index (χ1n) is 7.73. The van der Waals surface area contributed by atoms with E-state index >= 15 is 0 Å². The van der Waals surface area contributed by atoms with Gasteiger partial charge in [-0.3, -0.25) is 0 Å². The molecule has 7 nitrogen and oxygen atoms in total. The van der Waals surface area contributed by atoms with Gasteiger partial charge in [-0.15, -0.1) is 0 Å². The lowest BCUT2D eigenvalue weighted by atomic mass is 9.97. The van der Waals surface area contributed by atoms with Crippen molar-refractivity contribution in [2.75, 3.05) is 5.32 Å². The number of nitrogens with one attached hydrogen (secondary N) is 1. The van der Waals surface area contributed by atoms with Gasteiger partial charge in [-0.1, -0.05) is 0 Å².